The third-order valence-corrected chi connectivity index (χ3v) is 4.73. The van der Waals surface area contributed by atoms with Crippen molar-refractivity contribution in [1.29, 1.82) is 0 Å². The summed E-state index contributed by atoms with van der Waals surface area (Å²) < 4.78 is 6.86. The summed E-state index contributed by atoms with van der Waals surface area (Å²) in [6, 6.07) is 8.90. The van der Waals surface area contributed by atoms with Crippen LogP contribution in [0.25, 0.3) is 15.9 Å². The van der Waals surface area contributed by atoms with Gasteiger partial charge in [0.25, 0.3) is 5.56 Å². The maximum atomic E-state index is 12.3. The van der Waals surface area contributed by atoms with Gasteiger partial charge in [-0.1, -0.05) is 18.2 Å². The minimum absolute atomic E-state index is 0.0406. The van der Waals surface area contributed by atoms with Crippen LogP contribution in [0.5, 0.6) is 0 Å². The lowest BCUT2D eigenvalue weighted by molar-refractivity contribution is 0.0470. The number of rotatable bonds is 3. The second-order valence-electron chi connectivity index (χ2n) is 5.40. The van der Waals surface area contributed by atoms with E-state index in [1.807, 2.05) is 36.6 Å². The predicted molar refractivity (Wildman–Crippen MR) is 91.5 cm³/mol. The van der Waals surface area contributed by atoms with Gasteiger partial charge < -0.3 is 9.72 Å². The molecule has 0 atom stereocenters. The van der Waals surface area contributed by atoms with E-state index in [0.29, 0.717) is 16.2 Å². The Morgan fingerprint density at radius 1 is 1.38 bits per heavy atom. The molecule has 6 nitrogen and oxygen atoms in total. The first-order valence-corrected chi connectivity index (χ1v) is 8.21. The van der Waals surface area contributed by atoms with Crippen molar-refractivity contribution in [2.24, 2.45) is 0 Å². The fraction of sp³-hybridized carbons (Fsp3) is 0.118. The predicted octanol–water partition coefficient (Wildman–Crippen LogP) is 2.90. The van der Waals surface area contributed by atoms with Gasteiger partial charge >= 0.3 is 5.97 Å². The monoisotopic (exact) mass is 339 g/mol. The third kappa shape index (κ3) is 2.39. The lowest BCUT2D eigenvalue weighted by Gasteiger charge is -2.04. The number of H-pyrrole nitrogens is 1. The first-order chi connectivity index (χ1) is 11.6. The Bertz CT molecular complexity index is 1120. The molecule has 0 saturated heterocycles. The number of aryl methyl sites for hydroxylation is 1. The average molecular weight is 339 g/mol. The highest BCUT2D eigenvalue weighted by Crippen LogP contribution is 2.19. The maximum absolute atomic E-state index is 12.3. The molecule has 4 rings (SSSR count). The molecule has 24 heavy (non-hydrogen) atoms. The van der Waals surface area contributed by atoms with Gasteiger partial charge in [0.1, 0.15) is 6.61 Å². The summed E-state index contributed by atoms with van der Waals surface area (Å²) in [6.45, 7) is 1.81. The van der Waals surface area contributed by atoms with Crippen molar-refractivity contribution in [3.8, 4) is 0 Å². The highest BCUT2D eigenvalue weighted by atomic mass is 32.1. The zero-order valence-corrected chi connectivity index (χ0v) is 13.6. The number of aromatic amines is 1. The molecule has 3 heterocycles. The molecule has 1 N–H and O–H groups in total. The molecule has 0 spiro atoms. The first kappa shape index (κ1) is 14.6. The Balaban J connectivity index is 1.58. The van der Waals surface area contributed by atoms with Gasteiger partial charge in [0, 0.05) is 34.2 Å². The molecule has 0 aliphatic rings. The second kappa shape index (κ2) is 5.61. The van der Waals surface area contributed by atoms with E-state index in [0.717, 1.165) is 16.6 Å². The summed E-state index contributed by atoms with van der Waals surface area (Å²) in [5.74, 6) is -0.447. The number of thiazole rings is 1. The Hall–Kier alpha value is -2.93. The number of nitrogens with one attached hydrogen (secondary N) is 1. The van der Waals surface area contributed by atoms with Crippen LogP contribution in [0.3, 0.4) is 0 Å². The van der Waals surface area contributed by atoms with E-state index in [2.05, 4.69) is 9.97 Å². The molecule has 120 valence electrons. The highest BCUT2D eigenvalue weighted by Gasteiger charge is 2.14. The molecule has 3 aromatic heterocycles. The second-order valence-corrected chi connectivity index (χ2v) is 6.24. The van der Waals surface area contributed by atoms with Crippen LogP contribution >= 0.6 is 11.3 Å². The quantitative estimate of drug-likeness (QED) is 0.582. The number of carbonyl (C=O) groups is 1. The number of nitrogens with zero attached hydrogens (tertiary/aromatic N) is 2. The van der Waals surface area contributed by atoms with Gasteiger partial charge in [-0.05, 0) is 13.0 Å². The minimum Gasteiger partial charge on any atom is -0.456 e. The van der Waals surface area contributed by atoms with Crippen LogP contribution in [0, 0.1) is 6.92 Å². The van der Waals surface area contributed by atoms with Gasteiger partial charge in [-0.15, -0.1) is 11.3 Å². The van der Waals surface area contributed by atoms with Gasteiger partial charge in [0.15, 0.2) is 4.96 Å². The molecule has 0 radical (unpaired) electrons. The molecule has 4 aromatic rings. The topological polar surface area (TPSA) is 76.5 Å². The van der Waals surface area contributed by atoms with Crippen molar-refractivity contribution in [3.05, 3.63) is 69.2 Å². The van der Waals surface area contributed by atoms with E-state index >= 15 is 0 Å². The van der Waals surface area contributed by atoms with Crippen molar-refractivity contribution in [3.63, 3.8) is 0 Å². The Morgan fingerprint density at radius 2 is 2.21 bits per heavy atom. The van der Waals surface area contributed by atoms with Crippen LogP contribution in [-0.4, -0.2) is 20.3 Å². The molecule has 0 bridgehead atoms. The molecule has 7 heteroatoms. The molecular weight excluding hydrogens is 326 g/mol. The number of esters is 1. The number of ether oxygens (including phenoxy) is 1. The largest absolute Gasteiger partial charge is 0.456 e. The van der Waals surface area contributed by atoms with Gasteiger partial charge in [-0.25, -0.2) is 9.78 Å². The molecule has 0 aliphatic carbocycles. The van der Waals surface area contributed by atoms with Crippen LogP contribution in [-0.2, 0) is 11.3 Å². The van der Waals surface area contributed by atoms with Crippen molar-refractivity contribution in [1.82, 2.24) is 14.4 Å². The third-order valence-electron chi connectivity index (χ3n) is 3.79. The summed E-state index contributed by atoms with van der Waals surface area (Å²) in [4.78, 5) is 32.4. The summed E-state index contributed by atoms with van der Waals surface area (Å²) in [5, 5.41) is 2.67. The highest BCUT2D eigenvalue weighted by molar-refractivity contribution is 7.15. The van der Waals surface area contributed by atoms with Crippen molar-refractivity contribution < 1.29 is 9.53 Å². The number of para-hydroxylation sites is 1. The first-order valence-electron chi connectivity index (χ1n) is 7.33. The molecule has 0 saturated carbocycles. The van der Waals surface area contributed by atoms with Gasteiger partial charge in [-0.3, -0.25) is 9.20 Å². The maximum Gasteiger partial charge on any atom is 0.340 e. The van der Waals surface area contributed by atoms with Gasteiger partial charge in [0.05, 0.1) is 11.3 Å². The number of carbonyl (C=O) groups excluding carboxylic acids is 1. The summed E-state index contributed by atoms with van der Waals surface area (Å²) in [7, 11) is 0. The zero-order valence-electron chi connectivity index (χ0n) is 12.8. The Kier molecular flexibility index (Phi) is 3.42. The van der Waals surface area contributed by atoms with E-state index in [4.69, 9.17) is 4.74 Å². The molecule has 0 amide bonds. The van der Waals surface area contributed by atoms with E-state index < -0.39 is 5.97 Å². The molecule has 0 aliphatic heterocycles. The van der Waals surface area contributed by atoms with Crippen molar-refractivity contribution in [2.45, 2.75) is 13.5 Å². The van der Waals surface area contributed by atoms with E-state index in [1.54, 1.807) is 6.20 Å². The summed E-state index contributed by atoms with van der Waals surface area (Å²) >= 11 is 1.38. The van der Waals surface area contributed by atoms with Crippen molar-refractivity contribution >= 4 is 33.2 Å². The molecule has 1 aromatic carbocycles. The Labute approximate surface area is 140 Å². The zero-order chi connectivity index (χ0) is 16.7. The standard InChI is InChI=1S/C17H13N3O3S/c1-10-9-24-17-19-11(6-15(21)20(10)17)8-23-16(22)13-7-18-14-5-3-2-4-12(13)14/h2-7,9,18H,8H2,1H3. The fourth-order valence-electron chi connectivity index (χ4n) is 2.63. The SMILES string of the molecule is Cc1csc2nc(COC(=O)c3c[nH]c4ccccc34)cc(=O)n12. The summed E-state index contributed by atoms with van der Waals surface area (Å²) in [6.07, 6.45) is 1.63. The normalized spacial score (nSPS) is 11.2. The smallest absolute Gasteiger partial charge is 0.340 e. The van der Waals surface area contributed by atoms with Crippen LogP contribution < -0.4 is 5.56 Å². The molecule has 0 unspecified atom stereocenters. The van der Waals surface area contributed by atoms with E-state index in [9.17, 15) is 9.59 Å². The van der Waals surface area contributed by atoms with Gasteiger partial charge in [0.2, 0.25) is 0 Å². The van der Waals surface area contributed by atoms with Crippen molar-refractivity contribution in [2.75, 3.05) is 0 Å². The Morgan fingerprint density at radius 3 is 3.08 bits per heavy atom. The van der Waals surface area contributed by atoms with E-state index in [-0.39, 0.29) is 12.2 Å². The van der Waals surface area contributed by atoms with Gasteiger partial charge in [-0.2, -0.15) is 0 Å². The van der Waals surface area contributed by atoms with Crippen LogP contribution in [0.1, 0.15) is 21.7 Å². The lowest BCUT2D eigenvalue weighted by Crippen LogP contribution is -2.16. The number of fused-ring (bicyclic) bond motifs is 2. The minimum atomic E-state index is -0.447. The number of hydrogen-bond acceptors (Lipinski definition) is 5. The molecular formula is C17H13N3O3S. The number of hydrogen-bond donors (Lipinski definition) is 1. The van der Waals surface area contributed by atoms with Crippen LogP contribution in [0.15, 0.2) is 46.7 Å². The fourth-order valence-corrected chi connectivity index (χ4v) is 3.52. The number of aromatic nitrogens is 3. The number of benzene rings is 1. The van der Waals surface area contributed by atoms with Crippen LogP contribution in [0.2, 0.25) is 0 Å². The van der Waals surface area contributed by atoms with Crippen LogP contribution in [0.4, 0.5) is 0 Å². The van der Waals surface area contributed by atoms with E-state index in [1.165, 1.54) is 21.8 Å². The molecule has 0 fully saturated rings. The lowest BCUT2D eigenvalue weighted by atomic mass is 10.2. The summed E-state index contributed by atoms with van der Waals surface area (Å²) in [5.41, 5.74) is 2.45. The average Bonchev–Trinajstić information content (AvgIpc) is 3.17.